The van der Waals surface area contributed by atoms with E-state index >= 15 is 0 Å². The number of urea groups is 1. The standard InChI is InChI=1S/C22H30N2O2/c1-14(2)19-12-8-9-15(3)20(19)24-22(25)23-18(6)13-26-21-16(4)10-7-11-17(21)5/h7-12,14,18H,13H2,1-6H3,(H2,23,24,25). The van der Waals surface area contributed by atoms with E-state index in [0.717, 1.165) is 33.7 Å². The van der Waals surface area contributed by atoms with Crippen molar-refractivity contribution in [1.82, 2.24) is 5.32 Å². The van der Waals surface area contributed by atoms with E-state index in [1.54, 1.807) is 0 Å². The summed E-state index contributed by atoms with van der Waals surface area (Å²) >= 11 is 0. The summed E-state index contributed by atoms with van der Waals surface area (Å²) in [6.07, 6.45) is 0. The number of para-hydroxylation sites is 2. The van der Waals surface area contributed by atoms with Crippen molar-refractivity contribution in [2.75, 3.05) is 11.9 Å². The average molecular weight is 354 g/mol. The number of ether oxygens (including phenoxy) is 1. The van der Waals surface area contributed by atoms with E-state index in [2.05, 4.69) is 30.5 Å². The molecule has 1 unspecified atom stereocenters. The van der Waals surface area contributed by atoms with Gasteiger partial charge in [0.15, 0.2) is 0 Å². The fraction of sp³-hybridized carbons (Fsp3) is 0.409. The van der Waals surface area contributed by atoms with Gasteiger partial charge in [-0.15, -0.1) is 0 Å². The van der Waals surface area contributed by atoms with Crippen LogP contribution in [0.4, 0.5) is 10.5 Å². The third kappa shape index (κ3) is 5.01. The summed E-state index contributed by atoms with van der Waals surface area (Å²) in [6.45, 7) is 12.7. The molecule has 26 heavy (non-hydrogen) atoms. The molecule has 2 amide bonds. The molecule has 2 aromatic carbocycles. The van der Waals surface area contributed by atoms with E-state index in [4.69, 9.17) is 4.74 Å². The normalized spacial score (nSPS) is 12.0. The van der Waals surface area contributed by atoms with Crippen LogP contribution in [0, 0.1) is 20.8 Å². The second-order valence-electron chi connectivity index (χ2n) is 7.23. The number of carbonyl (C=O) groups excluding carboxylic acids is 1. The lowest BCUT2D eigenvalue weighted by Crippen LogP contribution is -2.40. The van der Waals surface area contributed by atoms with Crippen molar-refractivity contribution in [2.45, 2.75) is 53.5 Å². The maximum absolute atomic E-state index is 12.4. The van der Waals surface area contributed by atoms with Crippen LogP contribution in [-0.4, -0.2) is 18.7 Å². The van der Waals surface area contributed by atoms with Crippen molar-refractivity contribution in [2.24, 2.45) is 0 Å². The maximum Gasteiger partial charge on any atom is 0.319 e. The van der Waals surface area contributed by atoms with E-state index in [-0.39, 0.29) is 12.1 Å². The summed E-state index contributed by atoms with van der Waals surface area (Å²) in [6, 6.07) is 11.8. The Labute approximate surface area is 157 Å². The number of amides is 2. The van der Waals surface area contributed by atoms with Gasteiger partial charge in [0.1, 0.15) is 12.4 Å². The first kappa shape index (κ1) is 19.8. The second-order valence-corrected chi connectivity index (χ2v) is 7.23. The average Bonchev–Trinajstić information content (AvgIpc) is 2.56. The SMILES string of the molecule is Cc1cccc(C(C)C)c1NC(=O)NC(C)COc1c(C)cccc1C. The topological polar surface area (TPSA) is 50.4 Å². The zero-order chi connectivity index (χ0) is 19.3. The number of hydrogen-bond donors (Lipinski definition) is 2. The number of nitrogens with one attached hydrogen (secondary N) is 2. The third-order valence-electron chi connectivity index (χ3n) is 4.43. The van der Waals surface area contributed by atoms with Gasteiger partial charge in [-0.25, -0.2) is 4.79 Å². The van der Waals surface area contributed by atoms with Gasteiger partial charge in [0.2, 0.25) is 0 Å². The Morgan fingerprint density at radius 1 is 0.962 bits per heavy atom. The first-order valence-electron chi connectivity index (χ1n) is 9.15. The van der Waals surface area contributed by atoms with Crippen molar-refractivity contribution >= 4 is 11.7 Å². The van der Waals surface area contributed by atoms with Crippen LogP contribution in [0.3, 0.4) is 0 Å². The summed E-state index contributed by atoms with van der Waals surface area (Å²) in [5, 5.41) is 5.96. The van der Waals surface area contributed by atoms with Gasteiger partial charge >= 0.3 is 6.03 Å². The number of benzene rings is 2. The molecule has 0 spiro atoms. The van der Waals surface area contributed by atoms with Crippen LogP contribution in [0.1, 0.15) is 48.9 Å². The highest BCUT2D eigenvalue weighted by Crippen LogP contribution is 2.27. The zero-order valence-corrected chi connectivity index (χ0v) is 16.6. The molecule has 0 aliphatic carbocycles. The van der Waals surface area contributed by atoms with Crippen molar-refractivity contribution in [3.63, 3.8) is 0 Å². The smallest absolute Gasteiger partial charge is 0.319 e. The molecule has 4 heteroatoms. The van der Waals surface area contributed by atoms with Crippen molar-refractivity contribution in [3.05, 3.63) is 58.7 Å². The number of hydrogen-bond acceptors (Lipinski definition) is 2. The molecule has 0 aromatic heterocycles. The molecule has 140 valence electrons. The van der Waals surface area contributed by atoms with Crippen LogP contribution >= 0.6 is 0 Å². The van der Waals surface area contributed by atoms with Crippen molar-refractivity contribution < 1.29 is 9.53 Å². The maximum atomic E-state index is 12.4. The molecular formula is C22H30N2O2. The summed E-state index contributed by atoms with van der Waals surface area (Å²) in [7, 11) is 0. The summed E-state index contributed by atoms with van der Waals surface area (Å²) in [5.41, 5.74) is 5.29. The van der Waals surface area contributed by atoms with Crippen LogP contribution in [0.2, 0.25) is 0 Å². The number of rotatable bonds is 6. The molecule has 0 fully saturated rings. The van der Waals surface area contributed by atoms with Crippen molar-refractivity contribution in [3.8, 4) is 5.75 Å². The van der Waals surface area contributed by atoms with Gasteiger partial charge < -0.3 is 15.4 Å². The molecule has 0 saturated carbocycles. The second kappa shape index (κ2) is 8.75. The molecule has 2 rings (SSSR count). The van der Waals surface area contributed by atoms with Crippen LogP contribution in [-0.2, 0) is 0 Å². The van der Waals surface area contributed by atoms with E-state index in [1.807, 2.05) is 58.0 Å². The minimum absolute atomic E-state index is 0.111. The minimum Gasteiger partial charge on any atom is -0.491 e. The largest absolute Gasteiger partial charge is 0.491 e. The van der Waals surface area contributed by atoms with Gasteiger partial charge in [-0.3, -0.25) is 0 Å². The summed E-state index contributed by atoms with van der Waals surface area (Å²) < 4.78 is 5.92. The highest BCUT2D eigenvalue weighted by molar-refractivity contribution is 5.91. The number of aryl methyl sites for hydroxylation is 3. The van der Waals surface area contributed by atoms with Gasteiger partial charge in [-0.2, -0.15) is 0 Å². The van der Waals surface area contributed by atoms with Gasteiger partial charge in [-0.1, -0.05) is 50.2 Å². The third-order valence-corrected chi connectivity index (χ3v) is 4.43. The Morgan fingerprint density at radius 3 is 2.15 bits per heavy atom. The highest BCUT2D eigenvalue weighted by atomic mass is 16.5. The molecule has 1 atom stereocenters. The fourth-order valence-electron chi connectivity index (χ4n) is 2.99. The Balaban J connectivity index is 1.96. The van der Waals surface area contributed by atoms with E-state index in [9.17, 15) is 4.79 Å². The molecule has 2 aromatic rings. The van der Waals surface area contributed by atoms with Gasteiger partial charge in [-0.05, 0) is 55.9 Å². The Morgan fingerprint density at radius 2 is 1.54 bits per heavy atom. The molecular weight excluding hydrogens is 324 g/mol. The first-order chi connectivity index (χ1) is 12.3. The Hall–Kier alpha value is -2.49. The molecule has 0 bridgehead atoms. The fourth-order valence-corrected chi connectivity index (χ4v) is 2.99. The number of anilines is 1. The van der Waals surface area contributed by atoms with Crippen LogP contribution < -0.4 is 15.4 Å². The molecule has 4 nitrogen and oxygen atoms in total. The lowest BCUT2D eigenvalue weighted by atomic mass is 9.98. The lowest BCUT2D eigenvalue weighted by Gasteiger charge is -2.20. The van der Waals surface area contributed by atoms with Crippen LogP contribution in [0.5, 0.6) is 5.75 Å². The molecule has 0 heterocycles. The Kier molecular flexibility index (Phi) is 6.67. The predicted molar refractivity (Wildman–Crippen MR) is 108 cm³/mol. The first-order valence-corrected chi connectivity index (χ1v) is 9.15. The molecule has 0 saturated heterocycles. The molecule has 0 aliphatic rings. The lowest BCUT2D eigenvalue weighted by molar-refractivity contribution is 0.236. The molecule has 0 aliphatic heterocycles. The van der Waals surface area contributed by atoms with Gasteiger partial charge in [0, 0.05) is 5.69 Å². The van der Waals surface area contributed by atoms with Gasteiger partial charge in [0.05, 0.1) is 6.04 Å². The Bertz CT molecular complexity index is 748. The van der Waals surface area contributed by atoms with Crippen molar-refractivity contribution in [1.29, 1.82) is 0 Å². The molecule has 2 N–H and O–H groups in total. The van der Waals surface area contributed by atoms with E-state index in [0.29, 0.717) is 12.5 Å². The molecule has 0 radical (unpaired) electrons. The highest BCUT2D eigenvalue weighted by Gasteiger charge is 2.14. The van der Waals surface area contributed by atoms with Crippen LogP contribution in [0.25, 0.3) is 0 Å². The quantitative estimate of drug-likeness (QED) is 0.737. The van der Waals surface area contributed by atoms with Gasteiger partial charge in [0.25, 0.3) is 0 Å². The van der Waals surface area contributed by atoms with E-state index < -0.39 is 0 Å². The number of carbonyl (C=O) groups is 1. The zero-order valence-electron chi connectivity index (χ0n) is 16.6. The summed E-state index contributed by atoms with van der Waals surface area (Å²) in [4.78, 5) is 12.4. The van der Waals surface area contributed by atoms with E-state index in [1.165, 1.54) is 0 Å². The minimum atomic E-state index is -0.209. The predicted octanol–water partition coefficient (Wildman–Crippen LogP) is 5.32. The monoisotopic (exact) mass is 354 g/mol. The summed E-state index contributed by atoms with van der Waals surface area (Å²) in [5.74, 6) is 1.23. The van der Waals surface area contributed by atoms with Crippen LogP contribution in [0.15, 0.2) is 36.4 Å².